The van der Waals surface area contributed by atoms with Crippen LogP contribution in [0.15, 0.2) is 57.8 Å². The van der Waals surface area contributed by atoms with Gasteiger partial charge >= 0.3 is 0 Å². The first kappa shape index (κ1) is 21.2. The van der Waals surface area contributed by atoms with Crippen LogP contribution in [0.2, 0.25) is 0 Å². The Kier molecular flexibility index (Phi) is 6.79. The number of aromatic nitrogens is 2. The number of nitrogens with two attached hydrogens (primary N) is 1. The standard InChI is InChI=1S/C21H24BrN3O4/c1-24-17(20(22)21(27)25(24)15-6-4-3-5-7-15)13-29-18-9-8-14(12-19(18)28-2)16(23)10-11-26/h3-9,12,16,26H,10-11,13,23H2,1-2H3. The van der Waals surface area contributed by atoms with Crippen molar-refractivity contribution in [3.63, 3.8) is 0 Å². The summed E-state index contributed by atoms with van der Waals surface area (Å²) in [4.78, 5) is 12.7. The minimum absolute atomic E-state index is 0.0161. The van der Waals surface area contributed by atoms with E-state index in [-0.39, 0.29) is 24.8 Å². The molecule has 0 fully saturated rings. The van der Waals surface area contributed by atoms with Crippen LogP contribution in [0.3, 0.4) is 0 Å². The molecule has 1 unspecified atom stereocenters. The molecule has 0 bridgehead atoms. The Bertz CT molecular complexity index is 1030. The second-order valence-corrected chi connectivity index (χ2v) is 7.35. The van der Waals surface area contributed by atoms with Gasteiger partial charge in [0.15, 0.2) is 11.5 Å². The van der Waals surface area contributed by atoms with E-state index in [2.05, 4.69) is 15.9 Å². The Hall–Kier alpha value is -2.55. The number of halogens is 1. The van der Waals surface area contributed by atoms with Gasteiger partial charge in [-0.05, 0) is 52.2 Å². The number of methoxy groups -OCH3 is 1. The molecule has 154 valence electrons. The molecule has 2 aromatic carbocycles. The van der Waals surface area contributed by atoms with Crippen LogP contribution in [-0.2, 0) is 13.7 Å². The molecular formula is C21H24BrN3O4. The summed E-state index contributed by atoms with van der Waals surface area (Å²) in [5.74, 6) is 1.08. The van der Waals surface area contributed by atoms with Crippen LogP contribution in [0, 0.1) is 0 Å². The molecule has 0 saturated carbocycles. The second-order valence-electron chi connectivity index (χ2n) is 6.55. The fourth-order valence-corrected chi connectivity index (χ4v) is 3.66. The molecule has 1 aromatic heterocycles. The zero-order valence-electron chi connectivity index (χ0n) is 16.3. The molecule has 7 nitrogen and oxygen atoms in total. The van der Waals surface area contributed by atoms with Crippen molar-refractivity contribution in [2.75, 3.05) is 13.7 Å². The van der Waals surface area contributed by atoms with Gasteiger partial charge in [0.1, 0.15) is 11.1 Å². The molecule has 0 amide bonds. The maximum Gasteiger partial charge on any atom is 0.286 e. The van der Waals surface area contributed by atoms with E-state index in [1.807, 2.05) is 43.4 Å². The molecule has 3 rings (SSSR count). The van der Waals surface area contributed by atoms with Crippen LogP contribution in [0.1, 0.15) is 23.7 Å². The molecule has 0 aliphatic rings. The van der Waals surface area contributed by atoms with Gasteiger partial charge in [-0.1, -0.05) is 24.3 Å². The highest BCUT2D eigenvalue weighted by Gasteiger charge is 2.18. The van der Waals surface area contributed by atoms with Gasteiger partial charge in [-0.2, -0.15) is 0 Å². The van der Waals surface area contributed by atoms with Gasteiger partial charge in [-0.25, -0.2) is 4.68 Å². The lowest BCUT2D eigenvalue weighted by Gasteiger charge is -2.16. The number of benzene rings is 2. The lowest BCUT2D eigenvalue weighted by molar-refractivity contribution is 0.271. The Labute approximate surface area is 177 Å². The third-order valence-corrected chi connectivity index (χ3v) is 5.54. The van der Waals surface area contributed by atoms with Crippen LogP contribution in [0.5, 0.6) is 11.5 Å². The SMILES string of the molecule is COc1cc(C(N)CCO)ccc1OCc1c(Br)c(=O)n(-c2ccccc2)n1C. The van der Waals surface area contributed by atoms with Crippen LogP contribution in [-0.4, -0.2) is 28.2 Å². The van der Waals surface area contributed by atoms with Crippen LogP contribution >= 0.6 is 15.9 Å². The molecule has 0 saturated heterocycles. The molecule has 0 aliphatic heterocycles. The molecule has 0 spiro atoms. The van der Waals surface area contributed by atoms with Gasteiger partial charge in [0.05, 0.1) is 18.5 Å². The second kappa shape index (κ2) is 9.30. The quantitative estimate of drug-likeness (QED) is 0.537. The molecule has 3 N–H and O–H groups in total. The number of hydrogen-bond donors (Lipinski definition) is 2. The summed E-state index contributed by atoms with van der Waals surface area (Å²) in [5, 5.41) is 9.08. The minimum atomic E-state index is -0.280. The van der Waals surface area contributed by atoms with Gasteiger partial charge in [0, 0.05) is 19.7 Å². The van der Waals surface area contributed by atoms with Crippen molar-refractivity contribution in [1.29, 1.82) is 0 Å². The summed E-state index contributed by atoms with van der Waals surface area (Å²) >= 11 is 3.40. The molecule has 0 aliphatic carbocycles. The summed E-state index contributed by atoms with van der Waals surface area (Å²) in [5.41, 5.74) is 8.22. The zero-order valence-corrected chi connectivity index (χ0v) is 17.9. The first-order valence-electron chi connectivity index (χ1n) is 9.17. The summed E-state index contributed by atoms with van der Waals surface area (Å²) in [6.07, 6.45) is 0.464. The zero-order chi connectivity index (χ0) is 21.0. The predicted molar refractivity (Wildman–Crippen MR) is 115 cm³/mol. The molecule has 3 aromatic rings. The summed E-state index contributed by atoms with van der Waals surface area (Å²) < 4.78 is 15.2. The van der Waals surface area contributed by atoms with Crippen molar-refractivity contribution in [2.45, 2.75) is 19.1 Å². The number of nitrogens with zero attached hydrogens (tertiary/aromatic N) is 2. The molecule has 29 heavy (non-hydrogen) atoms. The van der Waals surface area contributed by atoms with Crippen molar-refractivity contribution in [3.8, 4) is 17.2 Å². The van der Waals surface area contributed by atoms with Crippen LogP contribution in [0.4, 0.5) is 0 Å². The van der Waals surface area contributed by atoms with Gasteiger partial charge in [0.2, 0.25) is 0 Å². The topological polar surface area (TPSA) is 91.6 Å². The number of hydrogen-bond acceptors (Lipinski definition) is 5. The van der Waals surface area contributed by atoms with E-state index in [9.17, 15) is 4.79 Å². The Balaban J connectivity index is 1.86. The monoisotopic (exact) mass is 461 g/mol. The Morgan fingerprint density at radius 3 is 2.55 bits per heavy atom. The molecule has 1 atom stereocenters. The maximum absolute atomic E-state index is 12.7. The van der Waals surface area contributed by atoms with E-state index >= 15 is 0 Å². The summed E-state index contributed by atoms with van der Waals surface area (Å²) in [6.45, 7) is 0.187. The fourth-order valence-electron chi connectivity index (χ4n) is 3.12. The van der Waals surface area contributed by atoms with Gasteiger partial charge in [-0.15, -0.1) is 0 Å². The van der Waals surface area contributed by atoms with Crippen molar-refractivity contribution >= 4 is 15.9 Å². The van der Waals surface area contributed by atoms with E-state index in [0.29, 0.717) is 28.1 Å². The third-order valence-electron chi connectivity index (χ3n) is 4.75. The van der Waals surface area contributed by atoms with E-state index < -0.39 is 0 Å². The normalized spacial score (nSPS) is 12.0. The Morgan fingerprint density at radius 1 is 1.17 bits per heavy atom. The average molecular weight is 462 g/mol. The van der Waals surface area contributed by atoms with E-state index in [1.54, 1.807) is 28.6 Å². The summed E-state index contributed by atoms with van der Waals surface area (Å²) in [6, 6.07) is 14.6. The van der Waals surface area contributed by atoms with Crippen molar-refractivity contribution in [3.05, 3.63) is 74.6 Å². The molecule has 8 heteroatoms. The van der Waals surface area contributed by atoms with E-state index in [1.165, 1.54) is 0 Å². The lowest BCUT2D eigenvalue weighted by Crippen LogP contribution is -2.19. The number of para-hydroxylation sites is 1. The smallest absolute Gasteiger partial charge is 0.286 e. The molecule has 1 heterocycles. The summed E-state index contributed by atoms with van der Waals surface area (Å²) in [7, 11) is 3.37. The highest BCUT2D eigenvalue weighted by Crippen LogP contribution is 2.31. The van der Waals surface area contributed by atoms with Crippen LogP contribution in [0.25, 0.3) is 5.69 Å². The third kappa shape index (κ3) is 4.39. The highest BCUT2D eigenvalue weighted by molar-refractivity contribution is 9.10. The first-order valence-corrected chi connectivity index (χ1v) is 9.96. The number of ether oxygens (including phenoxy) is 2. The molecule has 0 radical (unpaired) electrons. The molecular weight excluding hydrogens is 438 g/mol. The van der Waals surface area contributed by atoms with E-state index in [4.69, 9.17) is 20.3 Å². The van der Waals surface area contributed by atoms with Crippen molar-refractivity contribution in [1.82, 2.24) is 9.36 Å². The van der Waals surface area contributed by atoms with Gasteiger partial charge in [0.25, 0.3) is 5.56 Å². The van der Waals surface area contributed by atoms with Gasteiger partial charge in [-0.3, -0.25) is 9.48 Å². The number of aliphatic hydroxyl groups is 1. The number of rotatable bonds is 8. The van der Waals surface area contributed by atoms with Gasteiger partial charge < -0.3 is 20.3 Å². The Morgan fingerprint density at radius 2 is 1.90 bits per heavy atom. The van der Waals surface area contributed by atoms with Crippen molar-refractivity contribution in [2.24, 2.45) is 12.8 Å². The van der Waals surface area contributed by atoms with Crippen molar-refractivity contribution < 1.29 is 14.6 Å². The largest absolute Gasteiger partial charge is 0.493 e. The lowest BCUT2D eigenvalue weighted by atomic mass is 10.0. The highest BCUT2D eigenvalue weighted by atomic mass is 79.9. The van der Waals surface area contributed by atoms with Crippen LogP contribution < -0.4 is 20.8 Å². The predicted octanol–water partition coefficient (Wildman–Crippen LogP) is 2.91. The maximum atomic E-state index is 12.7. The first-order chi connectivity index (χ1) is 14.0. The fraction of sp³-hybridized carbons (Fsp3) is 0.286. The average Bonchev–Trinajstić information content (AvgIpc) is 2.95. The number of aliphatic hydroxyl groups excluding tert-OH is 1. The minimum Gasteiger partial charge on any atom is -0.493 e. The van der Waals surface area contributed by atoms with E-state index in [0.717, 1.165) is 11.3 Å².